The third-order valence-electron chi connectivity index (χ3n) is 3.44. The van der Waals surface area contributed by atoms with Crippen molar-refractivity contribution < 1.29 is 31.8 Å². The second-order valence-electron chi connectivity index (χ2n) is 5.25. The Balaban J connectivity index is 2.19. The maximum atomic E-state index is 13.0. The van der Waals surface area contributed by atoms with Gasteiger partial charge < -0.3 is 19.0 Å². The molecule has 0 unspecified atom stereocenters. The number of rotatable bonds is 9. The summed E-state index contributed by atoms with van der Waals surface area (Å²) in [6, 6.07) is 9.53. The van der Waals surface area contributed by atoms with Gasteiger partial charge in [-0.3, -0.25) is 0 Å². The maximum Gasteiger partial charge on any atom is 0.339 e. The predicted molar refractivity (Wildman–Crippen MR) is 89.6 cm³/mol. The van der Waals surface area contributed by atoms with Gasteiger partial charge in [0.2, 0.25) is 0 Å². The molecule has 0 amide bonds. The predicted octanol–water partition coefficient (Wildman–Crippen LogP) is 1.31. The van der Waals surface area contributed by atoms with Crippen LogP contribution in [0, 0.1) is 5.82 Å². The molecule has 0 aromatic heterocycles. The Hall–Kier alpha value is -2.16. The third-order valence-corrected chi connectivity index (χ3v) is 4.68. The smallest absolute Gasteiger partial charge is 0.339 e. The summed E-state index contributed by atoms with van der Waals surface area (Å²) < 4.78 is 53.1. The molecule has 8 heteroatoms. The van der Waals surface area contributed by atoms with Crippen LogP contribution in [0.4, 0.5) is 4.39 Å². The summed E-state index contributed by atoms with van der Waals surface area (Å²) in [7, 11) is -1.03. The summed E-state index contributed by atoms with van der Waals surface area (Å²) in [5.41, 5.74) is 0.876. The van der Waals surface area contributed by atoms with Crippen LogP contribution in [0.2, 0.25) is 0 Å². The Morgan fingerprint density at radius 3 is 2.40 bits per heavy atom. The molecule has 0 spiro atoms. The molecule has 6 nitrogen and oxygen atoms in total. The standard InChI is InChI=1S/C17H20FNO5S/c1-22-10-9-19-12-13-3-8-16(23-2)17(11-13)24-25(20,21)15-6-4-14(18)5-7-15/h3-8,11,19H,9-10,12H2,1-2H3/p+1. The van der Waals surface area contributed by atoms with Crippen molar-refractivity contribution in [1.29, 1.82) is 0 Å². The molecule has 0 aliphatic heterocycles. The van der Waals surface area contributed by atoms with Crippen LogP contribution in [-0.2, 0) is 21.4 Å². The normalized spacial score (nSPS) is 11.3. The van der Waals surface area contributed by atoms with Crippen molar-refractivity contribution in [2.24, 2.45) is 0 Å². The average molecular weight is 370 g/mol. The highest BCUT2D eigenvalue weighted by Crippen LogP contribution is 2.30. The zero-order chi connectivity index (χ0) is 18.3. The molecular formula is C17H21FNO5S+. The number of hydrogen-bond donors (Lipinski definition) is 1. The van der Waals surface area contributed by atoms with Gasteiger partial charge in [0.15, 0.2) is 11.5 Å². The molecule has 136 valence electrons. The van der Waals surface area contributed by atoms with Crippen molar-refractivity contribution in [3.8, 4) is 11.5 Å². The van der Waals surface area contributed by atoms with Crippen molar-refractivity contribution >= 4 is 10.1 Å². The van der Waals surface area contributed by atoms with Gasteiger partial charge in [-0.05, 0) is 42.5 Å². The van der Waals surface area contributed by atoms with E-state index in [0.29, 0.717) is 18.9 Å². The minimum absolute atomic E-state index is 0.0875. The first-order valence-corrected chi connectivity index (χ1v) is 9.04. The highest BCUT2D eigenvalue weighted by atomic mass is 32.2. The van der Waals surface area contributed by atoms with Crippen LogP contribution in [0.1, 0.15) is 5.56 Å². The average Bonchev–Trinajstić information content (AvgIpc) is 2.59. The number of ether oxygens (including phenoxy) is 2. The van der Waals surface area contributed by atoms with E-state index in [1.807, 2.05) is 11.4 Å². The lowest BCUT2D eigenvalue weighted by Gasteiger charge is -2.12. The lowest BCUT2D eigenvalue weighted by molar-refractivity contribution is -0.671. The molecular weight excluding hydrogens is 349 g/mol. The molecule has 2 rings (SSSR count). The van der Waals surface area contributed by atoms with E-state index in [1.54, 1.807) is 19.2 Å². The maximum absolute atomic E-state index is 13.0. The van der Waals surface area contributed by atoms with E-state index in [0.717, 1.165) is 36.4 Å². The first-order chi connectivity index (χ1) is 12.0. The molecule has 0 atom stereocenters. The Kier molecular flexibility index (Phi) is 6.74. The van der Waals surface area contributed by atoms with Crippen molar-refractivity contribution in [2.75, 3.05) is 27.4 Å². The van der Waals surface area contributed by atoms with Gasteiger partial charge >= 0.3 is 10.1 Å². The Morgan fingerprint density at radius 1 is 1.04 bits per heavy atom. The highest BCUT2D eigenvalue weighted by molar-refractivity contribution is 7.87. The Bertz CT molecular complexity index is 793. The van der Waals surface area contributed by atoms with Crippen LogP contribution in [-0.4, -0.2) is 35.8 Å². The SMILES string of the molecule is COCC[NH2+]Cc1ccc(OC)c(OS(=O)(=O)c2ccc(F)cc2)c1. The second kappa shape index (κ2) is 8.80. The van der Waals surface area contributed by atoms with Gasteiger partial charge in [0.1, 0.15) is 17.3 Å². The van der Waals surface area contributed by atoms with E-state index in [1.165, 1.54) is 7.11 Å². The van der Waals surface area contributed by atoms with Crippen molar-refractivity contribution in [3.05, 3.63) is 53.8 Å². The zero-order valence-electron chi connectivity index (χ0n) is 14.1. The molecule has 0 aliphatic rings. The molecule has 0 heterocycles. The van der Waals surface area contributed by atoms with Crippen LogP contribution in [0.3, 0.4) is 0 Å². The minimum atomic E-state index is -4.09. The monoisotopic (exact) mass is 370 g/mol. The van der Waals surface area contributed by atoms with Gasteiger partial charge in [-0.1, -0.05) is 0 Å². The van der Waals surface area contributed by atoms with Gasteiger partial charge in [0.05, 0.1) is 20.3 Å². The van der Waals surface area contributed by atoms with Crippen molar-refractivity contribution in [3.63, 3.8) is 0 Å². The van der Waals surface area contributed by atoms with E-state index in [2.05, 4.69) is 0 Å². The van der Waals surface area contributed by atoms with Gasteiger partial charge in [0.25, 0.3) is 0 Å². The fraction of sp³-hybridized carbons (Fsp3) is 0.294. The first kappa shape index (κ1) is 19.2. The molecule has 0 aliphatic carbocycles. The van der Waals surface area contributed by atoms with Crippen LogP contribution in [0.15, 0.2) is 47.4 Å². The van der Waals surface area contributed by atoms with E-state index in [9.17, 15) is 12.8 Å². The molecule has 0 radical (unpaired) electrons. The van der Waals surface area contributed by atoms with Gasteiger partial charge in [0, 0.05) is 12.7 Å². The molecule has 0 fully saturated rings. The molecule has 0 saturated heterocycles. The number of hydrogen-bond acceptors (Lipinski definition) is 5. The summed E-state index contributed by atoms with van der Waals surface area (Å²) >= 11 is 0. The summed E-state index contributed by atoms with van der Waals surface area (Å²) in [5.74, 6) is -0.138. The minimum Gasteiger partial charge on any atom is -0.493 e. The van der Waals surface area contributed by atoms with Gasteiger partial charge in [-0.2, -0.15) is 8.42 Å². The van der Waals surface area contributed by atoms with Gasteiger partial charge in [-0.25, -0.2) is 4.39 Å². The summed E-state index contributed by atoms with van der Waals surface area (Å²) in [4.78, 5) is -0.131. The molecule has 2 N–H and O–H groups in total. The topological polar surface area (TPSA) is 78.4 Å². The van der Waals surface area contributed by atoms with Crippen LogP contribution < -0.4 is 14.2 Å². The first-order valence-electron chi connectivity index (χ1n) is 7.64. The van der Waals surface area contributed by atoms with Crippen molar-refractivity contribution in [1.82, 2.24) is 0 Å². The van der Waals surface area contributed by atoms with Crippen LogP contribution in [0.25, 0.3) is 0 Å². The highest BCUT2D eigenvalue weighted by Gasteiger charge is 2.19. The van der Waals surface area contributed by atoms with Crippen LogP contribution >= 0.6 is 0 Å². The summed E-state index contributed by atoms with van der Waals surface area (Å²) in [6.07, 6.45) is 0. The lowest BCUT2D eigenvalue weighted by atomic mass is 10.2. The Labute approximate surface area is 146 Å². The zero-order valence-corrected chi connectivity index (χ0v) is 14.9. The second-order valence-corrected chi connectivity index (χ2v) is 6.80. The molecule has 2 aromatic carbocycles. The number of nitrogens with two attached hydrogens (primary N) is 1. The number of benzene rings is 2. The molecule has 25 heavy (non-hydrogen) atoms. The van der Waals surface area contributed by atoms with E-state index < -0.39 is 15.9 Å². The third kappa shape index (κ3) is 5.42. The quantitative estimate of drug-likeness (QED) is 0.532. The molecule has 0 bridgehead atoms. The van der Waals surface area contributed by atoms with E-state index in [-0.39, 0.29) is 10.6 Å². The van der Waals surface area contributed by atoms with E-state index in [4.69, 9.17) is 13.7 Å². The molecule has 0 saturated carbocycles. The number of halogens is 1. The lowest BCUT2D eigenvalue weighted by Crippen LogP contribution is -2.83. The largest absolute Gasteiger partial charge is 0.493 e. The Morgan fingerprint density at radius 2 is 1.76 bits per heavy atom. The van der Waals surface area contributed by atoms with Gasteiger partial charge in [-0.15, -0.1) is 0 Å². The fourth-order valence-corrected chi connectivity index (χ4v) is 3.08. The number of quaternary nitrogens is 1. The fourth-order valence-electron chi connectivity index (χ4n) is 2.15. The summed E-state index contributed by atoms with van der Waals surface area (Å²) in [6.45, 7) is 2.05. The number of methoxy groups -OCH3 is 2. The summed E-state index contributed by atoms with van der Waals surface area (Å²) in [5, 5.41) is 2.03. The molecule has 2 aromatic rings. The van der Waals surface area contributed by atoms with E-state index >= 15 is 0 Å². The van der Waals surface area contributed by atoms with Crippen LogP contribution in [0.5, 0.6) is 11.5 Å². The van der Waals surface area contributed by atoms with Crippen molar-refractivity contribution in [2.45, 2.75) is 11.4 Å².